The first-order chi connectivity index (χ1) is 15.8. The lowest BCUT2D eigenvalue weighted by Gasteiger charge is -2.15. The van der Waals surface area contributed by atoms with Crippen molar-refractivity contribution in [3.63, 3.8) is 0 Å². The third-order valence-corrected chi connectivity index (χ3v) is 5.53. The monoisotopic (exact) mass is 463 g/mol. The third-order valence-electron chi connectivity index (χ3n) is 5.18. The normalized spacial score (nSPS) is 13.5. The molecule has 0 radical (unpaired) electrons. The van der Waals surface area contributed by atoms with Gasteiger partial charge < -0.3 is 10.6 Å². The minimum absolute atomic E-state index is 0.169. The summed E-state index contributed by atoms with van der Waals surface area (Å²) < 4.78 is 14.1. The van der Waals surface area contributed by atoms with E-state index in [0.29, 0.717) is 16.2 Å². The number of benzene rings is 3. The number of nitrogens with zero attached hydrogens (tertiary/aromatic N) is 1. The SMILES string of the molecule is Cc1ccc(C)c(NC(=O)c2ccc(NC3=C(Cl)C(=O)N(c4ccccc4F)C3=O)cc2)c1. The van der Waals surface area contributed by atoms with Gasteiger partial charge in [-0.3, -0.25) is 14.4 Å². The molecule has 3 aromatic rings. The van der Waals surface area contributed by atoms with Crippen LogP contribution >= 0.6 is 11.6 Å². The Kier molecular flexibility index (Phi) is 5.98. The van der Waals surface area contributed by atoms with E-state index in [1.165, 1.54) is 18.2 Å². The van der Waals surface area contributed by atoms with Gasteiger partial charge in [0.25, 0.3) is 17.7 Å². The van der Waals surface area contributed by atoms with Gasteiger partial charge in [0.1, 0.15) is 16.5 Å². The molecule has 0 saturated carbocycles. The minimum atomic E-state index is -0.821. The number of aryl methyl sites for hydroxylation is 2. The Balaban J connectivity index is 1.50. The molecule has 0 aliphatic carbocycles. The molecule has 0 bridgehead atoms. The average Bonchev–Trinajstić information content (AvgIpc) is 3.00. The van der Waals surface area contributed by atoms with Gasteiger partial charge in [-0.25, -0.2) is 9.29 Å². The van der Waals surface area contributed by atoms with Gasteiger partial charge in [-0.1, -0.05) is 35.9 Å². The molecule has 1 aliphatic heterocycles. The zero-order chi connectivity index (χ0) is 23.7. The smallest absolute Gasteiger partial charge is 0.283 e. The van der Waals surface area contributed by atoms with Crippen LogP contribution in [-0.2, 0) is 9.59 Å². The van der Waals surface area contributed by atoms with Crippen molar-refractivity contribution in [2.75, 3.05) is 15.5 Å². The highest BCUT2D eigenvalue weighted by molar-refractivity contribution is 6.53. The number of anilines is 3. The summed E-state index contributed by atoms with van der Waals surface area (Å²) in [6.07, 6.45) is 0. The Labute approximate surface area is 194 Å². The Morgan fingerprint density at radius 1 is 0.939 bits per heavy atom. The van der Waals surface area contributed by atoms with E-state index in [0.717, 1.165) is 22.9 Å². The van der Waals surface area contributed by atoms with E-state index < -0.39 is 17.6 Å². The molecule has 166 valence electrons. The number of amides is 3. The predicted molar refractivity (Wildman–Crippen MR) is 126 cm³/mol. The lowest BCUT2D eigenvalue weighted by atomic mass is 10.1. The van der Waals surface area contributed by atoms with E-state index in [9.17, 15) is 18.8 Å². The van der Waals surface area contributed by atoms with Gasteiger partial charge in [0.15, 0.2) is 0 Å². The molecular weight excluding hydrogens is 445 g/mol. The summed E-state index contributed by atoms with van der Waals surface area (Å²) in [6.45, 7) is 3.85. The number of hydrogen-bond acceptors (Lipinski definition) is 4. The quantitative estimate of drug-likeness (QED) is 0.514. The van der Waals surface area contributed by atoms with E-state index in [1.807, 2.05) is 32.0 Å². The highest BCUT2D eigenvalue weighted by Crippen LogP contribution is 2.31. The van der Waals surface area contributed by atoms with Crippen molar-refractivity contribution in [2.24, 2.45) is 0 Å². The molecule has 8 heteroatoms. The number of imide groups is 1. The fourth-order valence-electron chi connectivity index (χ4n) is 3.38. The second-order valence-corrected chi connectivity index (χ2v) is 7.94. The lowest BCUT2D eigenvalue weighted by Crippen LogP contribution is -2.33. The van der Waals surface area contributed by atoms with Gasteiger partial charge in [-0.05, 0) is 67.4 Å². The summed E-state index contributed by atoms with van der Waals surface area (Å²) >= 11 is 6.09. The Hall–Kier alpha value is -3.97. The molecule has 0 spiro atoms. The van der Waals surface area contributed by atoms with Crippen LogP contribution in [0.4, 0.5) is 21.5 Å². The van der Waals surface area contributed by atoms with Crippen LogP contribution in [0.3, 0.4) is 0 Å². The van der Waals surface area contributed by atoms with Crippen molar-refractivity contribution in [1.82, 2.24) is 0 Å². The van der Waals surface area contributed by atoms with E-state index in [-0.39, 0.29) is 22.3 Å². The molecule has 33 heavy (non-hydrogen) atoms. The second kappa shape index (κ2) is 8.88. The summed E-state index contributed by atoms with van der Waals surface area (Å²) in [6, 6.07) is 17.5. The van der Waals surface area contributed by atoms with Gasteiger partial charge in [0.05, 0.1) is 5.69 Å². The molecule has 0 saturated heterocycles. The standard InChI is InChI=1S/C25H19ClFN3O3/c1-14-7-8-15(2)19(13-14)29-23(31)16-9-11-17(12-10-16)28-22-21(26)24(32)30(25(22)33)20-6-4-3-5-18(20)27/h3-13,28H,1-2H3,(H,29,31). The second-order valence-electron chi connectivity index (χ2n) is 7.56. The summed E-state index contributed by atoms with van der Waals surface area (Å²) in [4.78, 5) is 38.6. The number of para-hydroxylation sites is 1. The molecule has 4 rings (SSSR count). The third kappa shape index (κ3) is 4.36. The molecule has 0 atom stereocenters. The van der Waals surface area contributed by atoms with Crippen LogP contribution in [-0.4, -0.2) is 17.7 Å². The van der Waals surface area contributed by atoms with Crippen molar-refractivity contribution in [3.05, 3.63) is 100.0 Å². The summed E-state index contributed by atoms with van der Waals surface area (Å²) in [5.41, 5.74) is 3.19. The first-order valence-corrected chi connectivity index (χ1v) is 10.4. The number of hydrogen-bond donors (Lipinski definition) is 2. The predicted octanol–water partition coefficient (Wildman–Crippen LogP) is 5.13. The van der Waals surface area contributed by atoms with Crippen LogP contribution in [0.1, 0.15) is 21.5 Å². The van der Waals surface area contributed by atoms with Crippen LogP contribution in [0.25, 0.3) is 0 Å². The Morgan fingerprint density at radius 2 is 1.64 bits per heavy atom. The van der Waals surface area contributed by atoms with Crippen LogP contribution in [0.5, 0.6) is 0 Å². The number of nitrogens with one attached hydrogen (secondary N) is 2. The largest absolute Gasteiger partial charge is 0.350 e. The van der Waals surface area contributed by atoms with E-state index >= 15 is 0 Å². The highest BCUT2D eigenvalue weighted by Gasteiger charge is 2.40. The summed E-state index contributed by atoms with van der Waals surface area (Å²) in [5.74, 6) is -2.60. The lowest BCUT2D eigenvalue weighted by molar-refractivity contribution is -0.120. The first-order valence-electron chi connectivity index (χ1n) is 10.0. The van der Waals surface area contributed by atoms with Crippen LogP contribution in [0.15, 0.2) is 77.5 Å². The van der Waals surface area contributed by atoms with Crippen LogP contribution < -0.4 is 15.5 Å². The van der Waals surface area contributed by atoms with E-state index in [2.05, 4.69) is 10.6 Å². The molecule has 3 amide bonds. The van der Waals surface area contributed by atoms with E-state index in [4.69, 9.17) is 11.6 Å². The van der Waals surface area contributed by atoms with Gasteiger partial charge in [0.2, 0.25) is 0 Å². The maximum absolute atomic E-state index is 14.1. The average molecular weight is 464 g/mol. The van der Waals surface area contributed by atoms with Crippen molar-refractivity contribution < 1.29 is 18.8 Å². The molecular formula is C25H19ClFN3O3. The van der Waals surface area contributed by atoms with Crippen molar-refractivity contribution in [2.45, 2.75) is 13.8 Å². The molecule has 1 aliphatic rings. The zero-order valence-corrected chi connectivity index (χ0v) is 18.5. The molecule has 1 heterocycles. The van der Waals surface area contributed by atoms with Gasteiger partial charge in [0, 0.05) is 16.9 Å². The summed E-state index contributed by atoms with van der Waals surface area (Å²) in [7, 11) is 0. The highest BCUT2D eigenvalue weighted by atomic mass is 35.5. The fourth-order valence-corrected chi connectivity index (χ4v) is 3.59. The van der Waals surface area contributed by atoms with Crippen LogP contribution in [0, 0.1) is 19.7 Å². The number of carbonyl (C=O) groups is 3. The number of carbonyl (C=O) groups excluding carboxylic acids is 3. The first kappa shape index (κ1) is 22.2. The van der Waals surface area contributed by atoms with Crippen molar-refractivity contribution >= 4 is 46.4 Å². The zero-order valence-electron chi connectivity index (χ0n) is 17.8. The summed E-state index contributed by atoms with van der Waals surface area (Å²) in [5, 5.41) is 5.34. The molecule has 6 nitrogen and oxygen atoms in total. The minimum Gasteiger partial charge on any atom is -0.350 e. The molecule has 3 aromatic carbocycles. The maximum atomic E-state index is 14.1. The molecule has 0 aromatic heterocycles. The molecule has 0 unspecified atom stereocenters. The number of rotatable bonds is 5. The number of halogens is 2. The topological polar surface area (TPSA) is 78.5 Å². The van der Waals surface area contributed by atoms with Crippen molar-refractivity contribution in [1.29, 1.82) is 0 Å². The fraction of sp³-hybridized carbons (Fsp3) is 0.0800. The molecule has 2 N–H and O–H groups in total. The maximum Gasteiger partial charge on any atom is 0.283 e. The van der Waals surface area contributed by atoms with E-state index in [1.54, 1.807) is 24.3 Å². The Morgan fingerprint density at radius 3 is 2.33 bits per heavy atom. The van der Waals surface area contributed by atoms with Gasteiger partial charge >= 0.3 is 0 Å². The van der Waals surface area contributed by atoms with Gasteiger partial charge in [-0.2, -0.15) is 0 Å². The Bertz CT molecular complexity index is 1320. The molecule has 0 fully saturated rings. The van der Waals surface area contributed by atoms with Gasteiger partial charge in [-0.15, -0.1) is 0 Å². The van der Waals surface area contributed by atoms with Crippen LogP contribution in [0.2, 0.25) is 0 Å². The van der Waals surface area contributed by atoms with Crippen molar-refractivity contribution in [3.8, 4) is 0 Å².